The Balaban J connectivity index is 2.13. The summed E-state index contributed by atoms with van der Waals surface area (Å²) in [5, 5.41) is 19.9. The summed E-state index contributed by atoms with van der Waals surface area (Å²) in [5.74, 6) is -1.48. The van der Waals surface area contributed by atoms with Gasteiger partial charge in [-0.25, -0.2) is 4.79 Å². The number of amides is 1. The third-order valence-corrected chi connectivity index (χ3v) is 3.26. The molecule has 0 saturated carbocycles. The van der Waals surface area contributed by atoms with Crippen molar-refractivity contribution < 1.29 is 24.2 Å². The number of hydrogen-bond acceptors (Lipinski definition) is 4. The van der Waals surface area contributed by atoms with Crippen LogP contribution in [0.15, 0.2) is 40.8 Å². The maximum absolute atomic E-state index is 11.9. The van der Waals surface area contributed by atoms with E-state index in [2.05, 4.69) is 12.2 Å². The molecule has 0 aliphatic carbocycles. The number of furan rings is 1. The van der Waals surface area contributed by atoms with Gasteiger partial charge in [-0.3, -0.25) is 4.79 Å². The van der Waals surface area contributed by atoms with Gasteiger partial charge >= 0.3 is 5.97 Å². The van der Waals surface area contributed by atoms with Gasteiger partial charge in [0.2, 0.25) is 0 Å². The van der Waals surface area contributed by atoms with Crippen LogP contribution in [0.4, 0.5) is 0 Å². The molecule has 116 valence electrons. The first-order valence-electron chi connectivity index (χ1n) is 6.88. The lowest BCUT2D eigenvalue weighted by molar-refractivity contribution is -0.140. The average Bonchev–Trinajstić information content (AvgIpc) is 3.02. The summed E-state index contributed by atoms with van der Waals surface area (Å²) < 4.78 is 5.44. The third-order valence-electron chi connectivity index (χ3n) is 3.26. The number of aliphatic hydroxyl groups excluding tert-OH is 1. The Hall–Kier alpha value is -2.60. The SMILES string of the molecule is CCc1ccc(-c2ccc(C(=O)NC(CO)C(=O)O)o2)cc1. The van der Waals surface area contributed by atoms with E-state index in [-0.39, 0.29) is 5.76 Å². The van der Waals surface area contributed by atoms with Gasteiger partial charge in [0.05, 0.1) is 6.61 Å². The molecule has 0 fully saturated rings. The maximum Gasteiger partial charge on any atom is 0.328 e. The van der Waals surface area contributed by atoms with Crippen molar-refractivity contribution in [3.05, 3.63) is 47.7 Å². The highest BCUT2D eigenvalue weighted by Crippen LogP contribution is 2.22. The molecule has 0 aliphatic rings. The smallest absolute Gasteiger partial charge is 0.328 e. The third kappa shape index (κ3) is 3.53. The van der Waals surface area contributed by atoms with Gasteiger partial charge in [-0.15, -0.1) is 0 Å². The summed E-state index contributed by atoms with van der Waals surface area (Å²) in [6.07, 6.45) is 0.934. The number of aliphatic hydroxyl groups is 1. The van der Waals surface area contributed by atoms with Crippen LogP contribution in [-0.2, 0) is 11.2 Å². The van der Waals surface area contributed by atoms with Crippen LogP contribution in [0.25, 0.3) is 11.3 Å². The predicted molar refractivity (Wildman–Crippen MR) is 79.5 cm³/mol. The number of carboxylic acids is 1. The molecule has 0 radical (unpaired) electrons. The lowest BCUT2D eigenvalue weighted by Gasteiger charge is -2.09. The van der Waals surface area contributed by atoms with E-state index in [4.69, 9.17) is 14.6 Å². The Labute approximate surface area is 127 Å². The molecule has 22 heavy (non-hydrogen) atoms. The minimum atomic E-state index is -1.36. The van der Waals surface area contributed by atoms with E-state index in [0.29, 0.717) is 5.76 Å². The van der Waals surface area contributed by atoms with Crippen LogP contribution in [-0.4, -0.2) is 34.7 Å². The van der Waals surface area contributed by atoms with Crippen molar-refractivity contribution in [2.45, 2.75) is 19.4 Å². The number of aryl methyl sites for hydroxylation is 1. The molecule has 1 aromatic heterocycles. The van der Waals surface area contributed by atoms with E-state index < -0.39 is 24.5 Å². The van der Waals surface area contributed by atoms with E-state index in [1.807, 2.05) is 24.3 Å². The minimum absolute atomic E-state index is 0.00531. The standard InChI is InChI=1S/C16H17NO5/c1-2-10-3-5-11(6-4-10)13-7-8-14(22-13)15(19)17-12(9-18)16(20)21/h3-8,12,18H,2,9H2,1H3,(H,17,19)(H,20,21). The maximum atomic E-state index is 11.9. The summed E-state index contributed by atoms with van der Waals surface area (Å²) in [5.41, 5.74) is 2.02. The Morgan fingerprint density at radius 2 is 1.86 bits per heavy atom. The summed E-state index contributed by atoms with van der Waals surface area (Å²) in [7, 11) is 0. The first-order chi connectivity index (χ1) is 10.5. The minimum Gasteiger partial charge on any atom is -0.480 e. The van der Waals surface area contributed by atoms with Crippen LogP contribution in [0, 0.1) is 0 Å². The van der Waals surface area contributed by atoms with Gasteiger partial charge in [-0.1, -0.05) is 31.2 Å². The number of hydrogen-bond donors (Lipinski definition) is 3. The number of rotatable bonds is 6. The van der Waals surface area contributed by atoms with E-state index in [1.54, 1.807) is 6.07 Å². The molecule has 1 amide bonds. The number of carbonyl (C=O) groups is 2. The molecule has 2 rings (SSSR count). The molecule has 3 N–H and O–H groups in total. The fraction of sp³-hybridized carbons (Fsp3) is 0.250. The fourth-order valence-electron chi connectivity index (χ4n) is 1.93. The van der Waals surface area contributed by atoms with Crippen LogP contribution in [0.3, 0.4) is 0 Å². The topological polar surface area (TPSA) is 99.8 Å². The van der Waals surface area contributed by atoms with E-state index >= 15 is 0 Å². The molecule has 1 unspecified atom stereocenters. The van der Waals surface area contributed by atoms with Crippen LogP contribution < -0.4 is 5.32 Å². The second kappa shape index (κ2) is 6.91. The first kappa shape index (κ1) is 15.8. The van der Waals surface area contributed by atoms with Crippen LogP contribution in [0.2, 0.25) is 0 Å². The Bertz CT molecular complexity index is 659. The molecular formula is C16H17NO5. The van der Waals surface area contributed by atoms with Gasteiger partial charge < -0.3 is 19.9 Å². The Kier molecular flexibility index (Phi) is 4.95. The van der Waals surface area contributed by atoms with Gasteiger partial charge in [0.25, 0.3) is 5.91 Å². The molecule has 6 heteroatoms. The summed E-state index contributed by atoms with van der Waals surface area (Å²) >= 11 is 0. The molecule has 0 spiro atoms. The molecule has 0 saturated heterocycles. The monoisotopic (exact) mass is 303 g/mol. The van der Waals surface area contributed by atoms with Crippen molar-refractivity contribution in [3.63, 3.8) is 0 Å². The van der Waals surface area contributed by atoms with Gasteiger partial charge in [0.1, 0.15) is 5.76 Å². The predicted octanol–water partition coefficient (Wildman–Crippen LogP) is 1.68. The lowest BCUT2D eigenvalue weighted by Crippen LogP contribution is -2.43. The highest BCUT2D eigenvalue weighted by Gasteiger charge is 2.21. The highest BCUT2D eigenvalue weighted by molar-refractivity contribution is 5.94. The van der Waals surface area contributed by atoms with Crippen molar-refractivity contribution in [1.82, 2.24) is 5.32 Å². The Morgan fingerprint density at radius 1 is 1.18 bits per heavy atom. The van der Waals surface area contributed by atoms with Gasteiger partial charge in [0, 0.05) is 5.56 Å². The molecular weight excluding hydrogens is 286 g/mol. The lowest BCUT2D eigenvalue weighted by atomic mass is 10.1. The van der Waals surface area contributed by atoms with Gasteiger partial charge in [-0.2, -0.15) is 0 Å². The average molecular weight is 303 g/mol. The normalized spacial score (nSPS) is 11.9. The zero-order valence-corrected chi connectivity index (χ0v) is 12.1. The molecule has 1 heterocycles. The zero-order chi connectivity index (χ0) is 16.1. The quantitative estimate of drug-likeness (QED) is 0.754. The van der Waals surface area contributed by atoms with E-state index in [1.165, 1.54) is 11.6 Å². The molecule has 1 atom stereocenters. The highest BCUT2D eigenvalue weighted by atomic mass is 16.4. The molecule has 6 nitrogen and oxygen atoms in total. The second-order valence-electron chi connectivity index (χ2n) is 4.76. The second-order valence-corrected chi connectivity index (χ2v) is 4.76. The molecule has 2 aromatic rings. The van der Waals surface area contributed by atoms with E-state index in [9.17, 15) is 9.59 Å². The number of aliphatic carboxylic acids is 1. The number of benzene rings is 1. The van der Waals surface area contributed by atoms with Crippen LogP contribution >= 0.6 is 0 Å². The van der Waals surface area contributed by atoms with Crippen molar-refractivity contribution in [2.75, 3.05) is 6.61 Å². The van der Waals surface area contributed by atoms with Crippen molar-refractivity contribution in [2.24, 2.45) is 0 Å². The first-order valence-corrected chi connectivity index (χ1v) is 6.88. The van der Waals surface area contributed by atoms with Crippen molar-refractivity contribution in [3.8, 4) is 11.3 Å². The molecule has 0 bridgehead atoms. The number of carbonyl (C=O) groups excluding carboxylic acids is 1. The van der Waals surface area contributed by atoms with E-state index in [0.717, 1.165) is 12.0 Å². The summed E-state index contributed by atoms with van der Waals surface area (Å²) in [6.45, 7) is 1.37. The largest absolute Gasteiger partial charge is 0.480 e. The summed E-state index contributed by atoms with van der Waals surface area (Å²) in [4.78, 5) is 22.7. The number of nitrogens with one attached hydrogen (secondary N) is 1. The van der Waals surface area contributed by atoms with Gasteiger partial charge in [0.15, 0.2) is 11.8 Å². The fourth-order valence-corrected chi connectivity index (χ4v) is 1.93. The van der Waals surface area contributed by atoms with Crippen LogP contribution in [0.5, 0.6) is 0 Å². The van der Waals surface area contributed by atoms with Gasteiger partial charge in [-0.05, 0) is 24.1 Å². The zero-order valence-electron chi connectivity index (χ0n) is 12.1. The van der Waals surface area contributed by atoms with Crippen LogP contribution in [0.1, 0.15) is 23.0 Å². The Morgan fingerprint density at radius 3 is 2.41 bits per heavy atom. The number of carboxylic acid groups (broad SMARTS) is 1. The van der Waals surface area contributed by atoms with Crippen molar-refractivity contribution in [1.29, 1.82) is 0 Å². The molecule has 1 aromatic carbocycles. The summed E-state index contributed by atoms with van der Waals surface area (Å²) in [6, 6.07) is 9.50. The molecule has 0 aliphatic heterocycles. The van der Waals surface area contributed by atoms with Crippen molar-refractivity contribution >= 4 is 11.9 Å².